The van der Waals surface area contributed by atoms with Crippen LogP contribution in [0.1, 0.15) is 30.1 Å². The second-order valence-corrected chi connectivity index (χ2v) is 7.25. The molecular formula is C20H19Cl2N3O6. The molecule has 1 unspecified atom stereocenters. The molecule has 164 valence electrons. The summed E-state index contributed by atoms with van der Waals surface area (Å²) in [6.45, 7) is 1.63. The van der Waals surface area contributed by atoms with Gasteiger partial charge in [-0.05, 0) is 43.7 Å². The van der Waals surface area contributed by atoms with Gasteiger partial charge in [0.2, 0.25) is 0 Å². The largest absolute Gasteiger partial charge is 0.453 e. The predicted octanol–water partition coefficient (Wildman–Crippen LogP) is 3.98. The summed E-state index contributed by atoms with van der Waals surface area (Å²) in [6.07, 6.45) is -0.792. The maximum atomic E-state index is 12.2. The van der Waals surface area contributed by atoms with Crippen molar-refractivity contribution in [2.45, 2.75) is 25.9 Å². The number of non-ortho nitro benzene ring substituents is 1. The normalized spacial score (nSPS) is 11.3. The second-order valence-electron chi connectivity index (χ2n) is 6.41. The van der Waals surface area contributed by atoms with Crippen LogP contribution in [0.15, 0.2) is 42.5 Å². The highest BCUT2D eigenvalue weighted by Gasteiger charge is 2.19. The maximum absolute atomic E-state index is 12.2. The molecule has 0 aliphatic heterocycles. The van der Waals surface area contributed by atoms with Crippen LogP contribution in [0, 0.1) is 10.1 Å². The number of anilines is 1. The lowest BCUT2D eigenvalue weighted by Gasteiger charge is -2.14. The van der Waals surface area contributed by atoms with Crippen molar-refractivity contribution < 1.29 is 24.0 Å². The van der Waals surface area contributed by atoms with Gasteiger partial charge in [0.1, 0.15) is 0 Å². The average molecular weight is 468 g/mol. The van der Waals surface area contributed by atoms with Crippen LogP contribution in [0.2, 0.25) is 10.0 Å². The van der Waals surface area contributed by atoms with E-state index in [1.807, 2.05) is 0 Å². The maximum Gasteiger partial charge on any atom is 0.306 e. The minimum absolute atomic E-state index is 0.00317. The number of hydrogen-bond donors (Lipinski definition) is 2. The van der Waals surface area contributed by atoms with Crippen molar-refractivity contribution in [3.63, 3.8) is 0 Å². The Hall–Kier alpha value is -3.17. The van der Waals surface area contributed by atoms with E-state index in [9.17, 15) is 24.5 Å². The lowest BCUT2D eigenvalue weighted by atomic mass is 10.2. The van der Waals surface area contributed by atoms with Gasteiger partial charge in [0.05, 0.1) is 15.6 Å². The van der Waals surface area contributed by atoms with Gasteiger partial charge in [-0.1, -0.05) is 23.2 Å². The number of nitro benzene ring substituents is 1. The van der Waals surface area contributed by atoms with Crippen molar-refractivity contribution in [1.29, 1.82) is 0 Å². The van der Waals surface area contributed by atoms with Crippen molar-refractivity contribution in [2.75, 3.05) is 11.9 Å². The molecular weight excluding hydrogens is 449 g/mol. The topological polar surface area (TPSA) is 128 Å². The SMILES string of the molecule is CC(OC(=O)CCCNC(=O)c1ccc(Cl)cc1)C(=O)Nc1ccc([N+](=O)[O-])cc1Cl. The predicted molar refractivity (Wildman–Crippen MR) is 115 cm³/mol. The van der Waals surface area contributed by atoms with Crippen molar-refractivity contribution >= 4 is 52.4 Å². The number of carbonyl (C=O) groups excluding carboxylic acids is 3. The first-order valence-electron chi connectivity index (χ1n) is 9.15. The number of hydrogen-bond acceptors (Lipinski definition) is 6. The van der Waals surface area contributed by atoms with E-state index in [-0.39, 0.29) is 35.3 Å². The van der Waals surface area contributed by atoms with Crippen LogP contribution in [0.4, 0.5) is 11.4 Å². The molecule has 2 aromatic carbocycles. The molecule has 31 heavy (non-hydrogen) atoms. The summed E-state index contributed by atoms with van der Waals surface area (Å²) in [5, 5.41) is 16.3. The standard InChI is InChI=1S/C20H19Cl2N3O6/c1-12(19(27)24-17-9-8-15(25(29)30)11-16(17)22)31-18(26)3-2-10-23-20(28)13-4-6-14(21)7-5-13/h4-9,11-12H,2-3,10H2,1H3,(H,23,28)(H,24,27). The third-order valence-corrected chi connectivity index (χ3v) is 4.61. The summed E-state index contributed by atoms with van der Waals surface area (Å²) in [5.41, 5.74) is 0.387. The Labute approximate surface area is 187 Å². The molecule has 11 heteroatoms. The van der Waals surface area contributed by atoms with E-state index in [2.05, 4.69) is 10.6 Å². The lowest BCUT2D eigenvalue weighted by molar-refractivity contribution is -0.384. The van der Waals surface area contributed by atoms with E-state index < -0.39 is 22.9 Å². The number of nitrogens with zero attached hydrogens (tertiary/aromatic N) is 1. The van der Waals surface area contributed by atoms with Gasteiger partial charge < -0.3 is 15.4 Å². The minimum Gasteiger partial charge on any atom is -0.453 e. The van der Waals surface area contributed by atoms with Gasteiger partial charge in [0.15, 0.2) is 6.10 Å². The molecule has 2 amide bonds. The van der Waals surface area contributed by atoms with E-state index in [1.54, 1.807) is 24.3 Å². The van der Waals surface area contributed by atoms with Crippen molar-refractivity contribution in [2.24, 2.45) is 0 Å². The molecule has 0 aromatic heterocycles. The van der Waals surface area contributed by atoms with Gasteiger partial charge in [0, 0.05) is 35.7 Å². The zero-order valence-corrected chi connectivity index (χ0v) is 17.9. The summed E-state index contributed by atoms with van der Waals surface area (Å²) >= 11 is 11.7. The molecule has 0 radical (unpaired) electrons. The Morgan fingerprint density at radius 2 is 1.81 bits per heavy atom. The molecule has 0 aliphatic rings. The Balaban J connectivity index is 1.73. The van der Waals surface area contributed by atoms with Crippen molar-refractivity contribution in [3.05, 3.63) is 68.2 Å². The molecule has 0 fully saturated rings. The molecule has 0 bridgehead atoms. The number of carbonyl (C=O) groups is 3. The molecule has 2 N–H and O–H groups in total. The number of nitrogens with one attached hydrogen (secondary N) is 2. The highest BCUT2D eigenvalue weighted by Crippen LogP contribution is 2.26. The summed E-state index contributed by atoms with van der Waals surface area (Å²) < 4.78 is 5.06. The van der Waals surface area contributed by atoms with Crippen LogP contribution in [0.3, 0.4) is 0 Å². The summed E-state index contributed by atoms with van der Waals surface area (Å²) in [4.78, 5) is 46.2. The minimum atomic E-state index is -1.11. The van der Waals surface area contributed by atoms with E-state index in [0.717, 1.165) is 6.07 Å². The third kappa shape index (κ3) is 7.54. The molecule has 2 aromatic rings. The van der Waals surface area contributed by atoms with Crippen molar-refractivity contribution in [3.8, 4) is 0 Å². The number of halogens is 2. The number of ether oxygens (including phenoxy) is 1. The number of amides is 2. The Morgan fingerprint density at radius 1 is 1.13 bits per heavy atom. The number of benzene rings is 2. The number of esters is 1. The second kappa shape index (κ2) is 11.3. The van der Waals surface area contributed by atoms with Crippen LogP contribution < -0.4 is 10.6 Å². The molecule has 0 aliphatic carbocycles. The van der Waals surface area contributed by atoms with Gasteiger partial charge in [-0.2, -0.15) is 0 Å². The Morgan fingerprint density at radius 3 is 2.42 bits per heavy atom. The zero-order chi connectivity index (χ0) is 23.0. The van der Waals surface area contributed by atoms with Crippen LogP contribution in [-0.2, 0) is 14.3 Å². The molecule has 1 atom stereocenters. The van der Waals surface area contributed by atoms with Gasteiger partial charge in [-0.15, -0.1) is 0 Å². The smallest absolute Gasteiger partial charge is 0.306 e. The van der Waals surface area contributed by atoms with Crippen LogP contribution in [0.25, 0.3) is 0 Å². The molecule has 0 saturated heterocycles. The fourth-order valence-electron chi connectivity index (χ4n) is 2.40. The number of nitro groups is 1. The van der Waals surface area contributed by atoms with Crippen LogP contribution in [-0.4, -0.2) is 35.4 Å². The monoisotopic (exact) mass is 467 g/mol. The first-order chi connectivity index (χ1) is 14.7. The van der Waals surface area contributed by atoms with Crippen LogP contribution in [0.5, 0.6) is 0 Å². The quantitative estimate of drug-likeness (QED) is 0.248. The van der Waals surface area contributed by atoms with E-state index in [1.165, 1.54) is 19.1 Å². The molecule has 0 spiro atoms. The molecule has 0 heterocycles. The first-order valence-corrected chi connectivity index (χ1v) is 9.91. The molecule has 0 saturated carbocycles. The molecule has 2 rings (SSSR count). The van der Waals surface area contributed by atoms with E-state index in [4.69, 9.17) is 27.9 Å². The van der Waals surface area contributed by atoms with Gasteiger partial charge in [0.25, 0.3) is 17.5 Å². The summed E-state index contributed by atoms with van der Waals surface area (Å²) in [6, 6.07) is 9.96. The van der Waals surface area contributed by atoms with E-state index in [0.29, 0.717) is 17.0 Å². The fourth-order valence-corrected chi connectivity index (χ4v) is 2.75. The highest BCUT2D eigenvalue weighted by molar-refractivity contribution is 6.34. The Bertz CT molecular complexity index is 981. The molecule has 9 nitrogen and oxygen atoms in total. The third-order valence-electron chi connectivity index (χ3n) is 4.05. The van der Waals surface area contributed by atoms with Gasteiger partial charge >= 0.3 is 5.97 Å². The summed E-state index contributed by atoms with van der Waals surface area (Å²) in [5.74, 6) is -1.55. The lowest BCUT2D eigenvalue weighted by Crippen LogP contribution is -2.30. The van der Waals surface area contributed by atoms with Crippen molar-refractivity contribution in [1.82, 2.24) is 5.32 Å². The van der Waals surface area contributed by atoms with Gasteiger partial charge in [-0.3, -0.25) is 24.5 Å². The first kappa shape index (κ1) is 24.1. The average Bonchev–Trinajstić information content (AvgIpc) is 2.72. The number of rotatable bonds is 9. The van der Waals surface area contributed by atoms with Crippen LogP contribution >= 0.6 is 23.2 Å². The fraction of sp³-hybridized carbons (Fsp3) is 0.250. The Kier molecular flexibility index (Phi) is 8.77. The zero-order valence-electron chi connectivity index (χ0n) is 16.4. The summed E-state index contributed by atoms with van der Waals surface area (Å²) in [7, 11) is 0. The van der Waals surface area contributed by atoms with E-state index >= 15 is 0 Å². The highest BCUT2D eigenvalue weighted by atomic mass is 35.5. The van der Waals surface area contributed by atoms with Gasteiger partial charge in [-0.25, -0.2) is 0 Å².